The smallest absolute Gasteiger partial charge is 0.273 e. The molecule has 0 aromatic heterocycles. The Labute approximate surface area is 88.2 Å². The van der Waals surface area contributed by atoms with Gasteiger partial charge >= 0.3 is 0 Å². The zero-order valence-electron chi connectivity index (χ0n) is 8.41. The molecule has 2 aliphatic rings. The van der Waals surface area contributed by atoms with Crippen LogP contribution in [0.25, 0.3) is 0 Å². The van der Waals surface area contributed by atoms with E-state index in [9.17, 15) is 9.59 Å². The van der Waals surface area contributed by atoms with Gasteiger partial charge in [0.25, 0.3) is 5.24 Å². The Morgan fingerprint density at radius 1 is 1.36 bits per heavy atom. The highest BCUT2D eigenvalue weighted by molar-refractivity contribution is 8.14. The fourth-order valence-corrected chi connectivity index (χ4v) is 3.03. The van der Waals surface area contributed by atoms with Crippen molar-refractivity contribution in [2.75, 3.05) is 12.3 Å². The Bertz CT molecular complexity index is 255. The summed E-state index contributed by atoms with van der Waals surface area (Å²) in [7, 11) is 0. The van der Waals surface area contributed by atoms with Crippen molar-refractivity contribution in [1.82, 2.24) is 4.90 Å². The van der Waals surface area contributed by atoms with Gasteiger partial charge in [-0.1, -0.05) is 31.5 Å². The highest BCUT2D eigenvalue weighted by Crippen LogP contribution is 2.39. The average molecular weight is 213 g/mol. The Kier molecular flexibility index (Phi) is 2.56. The molecule has 2 fully saturated rings. The van der Waals surface area contributed by atoms with Crippen LogP contribution in [0.3, 0.4) is 0 Å². The van der Waals surface area contributed by atoms with Crippen molar-refractivity contribution < 1.29 is 9.59 Å². The van der Waals surface area contributed by atoms with Crippen LogP contribution in [0.2, 0.25) is 0 Å². The largest absolute Gasteiger partial charge is 0.288 e. The minimum Gasteiger partial charge on any atom is -0.273 e. The molecule has 0 radical (unpaired) electrons. The molecule has 0 atom stereocenters. The summed E-state index contributed by atoms with van der Waals surface area (Å²) >= 11 is 1.13. The van der Waals surface area contributed by atoms with Gasteiger partial charge in [0.15, 0.2) is 0 Å². The summed E-state index contributed by atoms with van der Waals surface area (Å²) in [6, 6.07) is 0. The van der Waals surface area contributed by atoms with E-state index >= 15 is 0 Å². The third-order valence-corrected chi connectivity index (χ3v) is 4.05. The first kappa shape index (κ1) is 10.0. The van der Waals surface area contributed by atoms with Crippen LogP contribution in [-0.2, 0) is 4.79 Å². The van der Waals surface area contributed by atoms with Gasteiger partial charge in [-0.15, -0.1) is 0 Å². The second-order valence-corrected chi connectivity index (χ2v) is 5.48. The number of imide groups is 1. The number of amides is 2. The van der Waals surface area contributed by atoms with Crippen molar-refractivity contribution in [3.05, 3.63) is 0 Å². The van der Waals surface area contributed by atoms with Gasteiger partial charge in [-0.2, -0.15) is 0 Å². The molecule has 1 heterocycles. The molecule has 14 heavy (non-hydrogen) atoms. The molecule has 4 heteroatoms. The molecular formula is C10H15NO2S. The zero-order valence-corrected chi connectivity index (χ0v) is 9.23. The van der Waals surface area contributed by atoms with Crippen molar-refractivity contribution in [3.63, 3.8) is 0 Å². The maximum absolute atomic E-state index is 11.4. The third-order valence-electron chi connectivity index (χ3n) is 3.19. The van der Waals surface area contributed by atoms with E-state index in [0.717, 1.165) is 24.6 Å². The molecule has 0 unspecified atom stereocenters. The number of nitrogens with zero attached hydrogens (tertiary/aromatic N) is 1. The van der Waals surface area contributed by atoms with E-state index in [0.29, 0.717) is 12.3 Å². The molecule has 1 saturated heterocycles. The van der Waals surface area contributed by atoms with Gasteiger partial charge < -0.3 is 0 Å². The highest BCUT2D eigenvalue weighted by atomic mass is 32.2. The van der Waals surface area contributed by atoms with Crippen molar-refractivity contribution >= 4 is 22.9 Å². The van der Waals surface area contributed by atoms with E-state index in [2.05, 4.69) is 6.92 Å². The van der Waals surface area contributed by atoms with Crippen LogP contribution in [-0.4, -0.2) is 28.3 Å². The van der Waals surface area contributed by atoms with E-state index < -0.39 is 0 Å². The molecule has 78 valence electrons. The summed E-state index contributed by atoms with van der Waals surface area (Å²) in [6.45, 7) is 2.82. The molecule has 0 aromatic carbocycles. The van der Waals surface area contributed by atoms with Crippen molar-refractivity contribution in [3.8, 4) is 0 Å². The van der Waals surface area contributed by atoms with Gasteiger partial charge in [0, 0.05) is 6.54 Å². The van der Waals surface area contributed by atoms with E-state index in [1.54, 1.807) is 0 Å². The summed E-state index contributed by atoms with van der Waals surface area (Å²) in [5, 5.41) is -0.0527. The number of thioether (sulfide) groups is 1. The monoisotopic (exact) mass is 213 g/mol. The SMILES string of the molecule is CC1(CN2C(=O)CSC2=O)CCCC1. The second-order valence-electron chi connectivity index (χ2n) is 4.55. The first-order valence-electron chi connectivity index (χ1n) is 5.08. The molecule has 0 bridgehead atoms. The van der Waals surface area contributed by atoms with Gasteiger partial charge in [-0.25, -0.2) is 0 Å². The Morgan fingerprint density at radius 2 is 2.00 bits per heavy atom. The van der Waals surface area contributed by atoms with Crippen molar-refractivity contribution in [2.45, 2.75) is 32.6 Å². The molecule has 2 rings (SSSR count). The van der Waals surface area contributed by atoms with Gasteiger partial charge in [-0.3, -0.25) is 14.5 Å². The predicted molar refractivity (Wildman–Crippen MR) is 56.1 cm³/mol. The summed E-state index contributed by atoms with van der Waals surface area (Å²) < 4.78 is 0. The molecule has 0 aromatic rings. The zero-order chi connectivity index (χ0) is 10.2. The van der Waals surface area contributed by atoms with E-state index in [1.165, 1.54) is 17.7 Å². The molecule has 3 nitrogen and oxygen atoms in total. The first-order chi connectivity index (χ1) is 6.61. The number of carbonyl (C=O) groups excluding carboxylic acids is 2. The predicted octanol–water partition coefficient (Wildman–Crippen LogP) is 2.26. The van der Waals surface area contributed by atoms with E-state index in [4.69, 9.17) is 0 Å². The lowest BCUT2D eigenvalue weighted by Gasteiger charge is -2.27. The minimum atomic E-state index is -0.0527. The average Bonchev–Trinajstić information content (AvgIpc) is 2.68. The summed E-state index contributed by atoms with van der Waals surface area (Å²) in [6.07, 6.45) is 4.77. The molecule has 1 aliphatic heterocycles. The second kappa shape index (κ2) is 3.57. The van der Waals surface area contributed by atoms with Crippen LogP contribution >= 0.6 is 11.8 Å². The molecule has 1 aliphatic carbocycles. The van der Waals surface area contributed by atoms with Crippen LogP contribution in [0.15, 0.2) is 0 Å². The molecular weight excluding hydrogens is 198 g/mol. The van der Waals surface area contributed by atoms with Crippen molar-refractivity contribution in [2.24, 2.45) is 5.41 Å². The summed E-state index contributed by atoms with van der Waals surface area (Å²) in [5.74, 6) is 0.336. The van der Waals surface area contributed by atoms with Gasteiger partial charge in [0.1, 0.15) is 0 Å². The topological polar surface area (TPSA) is 37.4 Å². The summed E-state index contributed by atoms with van der Waals surface area (Å²) in [4.78, 5) is 24.2. The Morgan fingerprint density at radius 3 is 2.50 bits per heavy atom. The number of hydrogen-bond donors (Lipinski definition) is 0. The lowest BCUT2D eigenvalue weighted by atomic mass is 9.88. The van der Waals surface area contributed by atoms with Gasteiger partial charge in [0.05, 0.1) is 5.75 Å². The maximum atomic E-state index is 11.4. The molecule has 2 amide bonds. The fourth-order valence-electron chi connectivity index (χ4n) is 2.30. The number of hydrogen-bond acceptors (Lipinski definition) is 3. The lowest BCUT2D eigenvalue weighted by molar-refractivity contribution is -0.125. The van der Waals surface area contributed by atoms with Crippen LogP contribution in [0.5, 0.6) is 0 Å². The standard InChI is InChI=1S/C10H15NO2S/c1-10(4-2-3-5-10)7-11-8(12)6-14-9(11)13/h2-7H2,1H3. The van der Waals surface area contributed by atoms with Gasteiger partial charge in [0.2, 0.25) is 5.91 Å². The normalized spacial score (nSPS) is 26.2. The first-order valence-corrected chi connectivity index (χ1v) is 6.06. The third kappa shape index (κ3) is 1.80. The van der Waals surface area contributed by atoms with Crippen LogP contribution in [0.1, 0.15) is 32.6 Å². The number of rotatable bonds is 2. The minimum absolute atomic E-state index is 0.00637. The Balaban J connectivity index is 2.02. The van der Waals surface area contributed by atoms with Crippen LogP contribution in [0, 0.1) is 5.41 Å². The molecule has 1 saturated carbocycles. The maximum Gasteiger partial charge on any atom is 0.288 e. The van der Waals surface area contributed by atoms with E-state index in [-0.39, 0.29) is 16.6 Å². The number of carbonyl (C=O) groups is 2. The Hall–Kier alpha value is -0.510. The van der Waals surface area contributed by atoms with Crippen LogP contribution < -0.4 is 0 Å². The molecule has 0 N–H and O–H groups in total. The van der Waals surface area contributed by atoms with Crippen molar-refractivity contribution in [1.29, 1.82) is 0 Å². The lowest BCUT2D eigenvalue weighted by Crippen LogP contribution is -2.37. The summed E-state index contributed by atoms with van der Waals surface area (Å²) in [5.41, 5.74) is 0.191. The highest BCUT2D eigenvalue weighted by Gasteiger charge is 2.37. The van der Waals surface area contributed by atoms with Gasteiger partial charge in [-0.05, 0) is 18.3 Å². The fraction of sp³-hybridized carbons (Fsp3) is 0.800. The van der Waals surface area contributed by atoms with E-state index in [1.807, 2.05) is 0 Å². The quantitative estimate of drug-likeness (QED) is 0.706. The van der Waals surface area contributed by atoms with Crippen LogP contribution in [0.4, 0.5) is 4.79 Å². The molecule has 0 spiro atoms.